The number of phenols is 1. The molecule has 1 heterocycles. The second-order valence-corrected chi connectivity index (χ2v) is 7.43. The molecule has 0 unspecified atom stereocenters. The second kappa shape index (κ2) is 9.58. The van der Waals surface area contributed by atoms with E-state index in [1.807, 2.05) is 56.3 Å². The summed E-state index contributed by atoms with van der Waals surface area (Å²) < 4.78 is 5.89. The number of anilines is 2. The summed E-state index contributed by atoms with van der Waals surface area (Å²) in [7, 11) is 0. The van der Waals surface area contributed by atoms with Crippen LogP contribution < -0.4 is 15.8 Å². The van der Waals surface area contributed by atoms with E-state index in [1.54, 1.807) is 24.3 Å². The fourth-order valence-corrected chi connectivity index (χ4v) is 3.48. The fraction of sp³-hybridized carbons (Fsp3) is 0.120. The van der Waals surface area contributed by atoms with Crippen molar-refractivity contribution in [3.8, 4) is 11.5 Å². The summed E-state index contributed by atoms with van der Waals surface area (Å²) in [5.74, 6) is 0.603. The number of halogens is 1. The monoisotopic (exact) mass is 449 g/mol. The number of nitrogens with zero attached hydrogens (tertiary/aromatic N) is 1. The largest absolute Gasteiger partial charge is 0.508 e. The Balaban J connectivity index is 0.00000289. The number of hydrogen-bond acceptors (Lipinski definition) is 5. The van der Waals surface area contributed by atoms with Gasteiger partial charge in [0.1, 0.15) is 18.1 Å². The summed E-state index contributed by atoms with van der Waals surface area (Å²) in [6.07, 6.45) is 0. The van der Waals surface area contributed by atoms with Crippen LogP contribution in [0.4, 0.5) is 11.4 Å². The molecule has 0 fully saturated rings. The molecule has 3 aromatic carbocycles. The number of phenolic OH excluding ortho intramolecular Hbond substituents is 1. The zero-order chi connectivity index (χ0) is 22.0. The Bertz CT molecular complexity index is 1290. The number of aromatic nitrogens is 1. The molecule has 0 aliphatic heterocycles. The van der Waals surface area contributed by atoms with Gasteiger partial charge in [-0.25, -0.2) is 0 Å². The van der Waals surface area contributed by atoms with Crippen LogP contribution in [0.5, 0.6) is 11.5 Å². The Morgan fingerprint density at radius 1 is 1.06 bits per heavy atom. The van der Waals surface area contributed by atoms with E-state index in [0.29, 0.717) is 22.7 Å². The maximum absolute atomic E-state index is 13.0. The Labute approximate surface area is 192 Å². The number of nitrogens with one attached hydrogen (secondary N) is 1. The maximum atomic E-state index is 13.0. The van der Waals surface area contributed by atoms with Crippen LogP contribution in [0.2, 0.25) is 0 Å². The van der Waals surface area contributed by atoms with Crippen molar-refractivity contribution in [3.63, 3.8) is 0 Å². The second-order valence-electron chi connectivity index (χ2n) is 7.43. The van der Waals surface area contributed by atoms with Gasteiger partial charge in [-0.1, -0.05) is 18.2 Å². The lowest BCUT2D eigenvalue weighted by Crippen LogP contribution is -2.15. The van der Waals surface area contributed by atoms with Crippen molar-refractivity contribution in [2.75, 3.05) is 11.1 Å². The molecule has 0 saturated heterocycles. The quantitative estimate of drug-likeness (QED) is 0.379. The van der Waals surface area contributed by atoms with E-state index in [9.17, 15) is 9.90 Å². The lowest BCUT2D eigenvalue weighted by molar-refractivity contribution is 0.102. The summed E-state index contributed by atoms with van der Waals surface area (Å²) in [4.78, 5) is 17.5. The number of aryl methyl sites for hydroxylation is 2. The van der Waals surface area contributed by atoms with Gasteiger partial charge in [-0.2, -0.15) is 0 Å². The van der Waals surface area contributed by atoms with E-state index in [0.717, 1.165) is 27.7 Å². The highest BCUT2D eigenvalue weighted by Gasteiger charge is 2.13. The van der Waals surface area contributed by atoms with Crippen molar-refractivity contribution in [1.82, 2.24) is 4.98 Å². The molecule has 0 saturated carbocycles. The normalized spacial score (nSPS) is 10.4. The van der Waals surface area contributed by atoms with Crippen molar-refractivity contribution >= 4 is 40.6 Å². The number of carbonyl (C=O) groups is 1. The third-order valence-corrected chi connectivity index (χ3v) is 5.03. The third kappa shape index (κ3) is 4.92. The number of nitrogen functional groups attached to an aromatic ring is 1. The van der Waals surface area contributed by atoms with Gasteiger partial charge in [0, 0.05) is 33.6 Å². The summed E-state index contributed by atoms with van der Waals surface area (Å²) in [5, 5.41) is 13.3. The molecule has 0 spiro atoms. The summed E-state index contributed by atoms with van der Waals surface area (Å²) >= 11 is 0. The zero-order valence-corrected chi connectivity index (χ0v) is 18.6. The first-order chi connectivity index (χ1) is 14.9. The molecule has 0 aliphatic carbocycles. The van der Waals surface area contributed by atoms with Gasteiger partial charge in [-0.05, 0) is 67.9 Å². The average molecular weight is 450 g/mol. The number of pyridine rings is 1. The first-order valence-corrected chi connectivity index (χ1v) is 9.89. The Morgan fingerprint density at radius 2 is 1.84 bits per heavy atom. The molecule has 0 bridgehead atoms. The minimum Gasteiger partial charge on any atom is -0.508 e. The number of ether oxygens (including phenoxy) is 1. The topological polar surface area (TPSA) is 97.5 Å². The fourth-order valence-electron chi connectivity index (χ4n) is 3.48. The van der Waals surface area contributed by atoms with E-state index < -0.39 is 0 Å². The van der Waals surface area contributed by atoms with Gasteiger partial charge in [0.2, 0.25) is 0 Å². The van der Waals surface area contributed by atoms with Gasteiger partial charge in [0.25, 0.3) is 5.91 Å². The molecule has 1 aromatic heterocycles. The van der Waals surface area contributed by atoms with Crippen LogP contribution in [0.3, 0.4) is 0 Å². The number of aromatic hydroxyl groups is 1. The minimum absolute atomic E-state index is 0. The van der Waals surface area contributed by atoms with Gasteiger partial charge in [0.05, 0.1) is 5.52 Å². The minimum atomic E-state index is -0.236. The number of benzene rings is 3. The number of hydrogen-bond donors (Lipinski definition) is 3. The predicted molar refractivity (Wildman–Crippen MR) is 130 cm³/mol. The lowest BCUT2D eigenvalue weighted by Gasteiger charge is -2.13. The van der Waals surface area contributed by atoms with Gasteiger partial charge in [0.15, 0.2) is 0 Å². The standard InChI is InChI=1S/C25H23N3O3.ClH/c1-15-11-19(29)8-10-24(15)31-14-17-5-3-4-6-20(17)25(30)28-18-7-9-23-21(13-18)22(26)12-16(2)27-23;/h3-13,29H,14H2,1-2H3,(H2,26,27)(H,28,30);1H. The van der Waals surface area contributed by atoms with Crippen LogP contribution in [-0.2, 0) is 6.61 Å². The number of fused-ring (bicyclic) bond motifs is 1. The van der Waals surface area contributed by atoms with Crippen molar-refractivity contribution < 1.29 is 14.6 Å². The first kappa shape index (κ1) is 22.9. The van der Waals surface area contributed by atoms with E-state index >= 15 is 0 Å². The third-order valence-electron chi connectivity index (χ3n) is 5.03. The Kier molecular flexibility index (Phi) is 6.85. The van der Waals surface area contributed by atoms with Crippen LogP contribution in [0.15, 0.2) is 66.7 Å². The van der Waals surface area contributed by atoms with Crippen LogP contribution in [0.1, 0.15) is 27.2 Å². The van der Waals surface area contributed by atoms with Gasteiger partial charge in [-0.15, -0.1) is 12.4 Å². The predicted octanol–water partition coefficient (Wildman–Crippen LogP) is 5.39. The van der Waals surface area contributed by atoms with Crippen molar-refractivity contribution in [2.24, 2.45) is 0 Å². The van der Waals surface area contributed by atoms with Crippen LogP contribution in [0, 0.1) is 13.8 Å². The first-order valence-electron chi connectivity index (χ1n) is 9.89. The number of amides is 1. The molecular weight excluding hydrogens is 426 g/mol. The molecule has 0 atom stereocenters. The van der Waals surface area contributed by atoms with E-state index in [1.165, 1.54) is 0 Å². The van der Waals surface area contributed by atoms with Gasteiger partial charge < -0.3 is 20.9 Å². The van der Waals surface area contributed by atoms with Crippen LogP contribution in [-0.4, -0.2) is 16.0 Å². The Hall–Kier alpha value is -3.77. The number of rotatable bonds is 5. The number of nitrogens with two attached hydrogens (primary N) is 1. The molecule has 4 N–H and O–H groups in total. The van der Waals surface area contributed by atoms with E-state index in [-0.39, 0.29) is 30.7 Å². The molecule has 4 rings (SSSR count). The molecule has 32 heavy (non-hydrogen) atoms. The smallest absolute Gasteiger partial charge is 0.256 e. The van der Waals surface area contributed by atoms with E-state index in [2.05, 4.69) is 10.3 Å². The average Bonchev–Trinajstić information content (AvgIpc) is 2.74. The zero-order valence-electron chi connectivity index (χ0n) is 17.8. The lowest BCUT2D eigenvalue weighted by atomic mass is 10.1. The molecule has 1 amide bonds. The molecular formula is C25H24ClN3O3. The molecule has 7 heteroatoms. The van der Waals surface area contributed by atoms with Gasteiger partial charge in [-0.3, -0.25) is 9.78 Å². The van der Waals surface area contributed by atoms with E-state index in [4.69, 9.17) is 10.5 Å². The van der Waals surface area contributed by atoms with Crippen molar-refractivity contribution in [3.05, 3.63) is 89.1 Å². The Morgan fingerprint density at radius 3 is 2.62 bits per heavy atom. The highest BCUT2D eigenvalue weighted by Crippen LogP contribution is 2.26. The van der Waals surface area contributed by atoms with Crippen molar-refractivity contribution in [2.45, 2.75) is 20.5 Å². The van der Waals surface area contributed by atoms with Crippen LogP contribution in [0.25, 0.3) is 10.9 Å². The number of carbonyl (C=O) groups excluding carboxylic acids is 1. The molecule has 0 aliphatic rings. The molecule has 4 aromatic rings. The van der Waals surface area contributed by atoms with Crippen molar-refractivity contribution in [1.29, 1.82) is 0 Å². The van der Waals surface area contributed by atoms with Crippen LogP contribution >= 0.6 is 12.4 Å². The summed E-state index contributed by atoms with van der Waals surface area (Å²) in [5.41, 5.74) is 11.1. The molecule has 0 radical (unpaired) electrons. The highest BCUT2D eigenvalue weighted by atomic mass is 35.5. The maximum Gasteiger partial charge on any atom is 0.256 e. The molecule has 6 nitrogen and oxygen atoms in total. The summed E-state index contributed by atoms with van der Waals surface area (Å²) in [6, 6.07) is 19.5. The van der Waals surface area contributed by atoms with Gasteiger partial charge >= 0.3 is 0 Å². The highest BCUT2D eigenvalue weighted by molar-refractivity contribution is 6.06. The SMILES string of the molecule is Cc1cc(N)c2cc(NC(=O)c3ccccc3COc3ccc(O)cc3C)ccc2n1.Cl. The molecule has 164 valence electrons. The summed E-state index contributed by atoms with van der Waals surface area (Å²) in [6.45, 7) is 3.97.